The van der Waals surface area contributed by atoms with E-state index < -0.39 is 18.5 Å². The number of carbonyl (C=O) groups is 1. The van der Waals surface area contributed by atoms with Crippen molar-refractivity contribution in [2.45, 2.75) is 12.6 Å². The molecule has 1 aliphatic heterocycles. The molecule has 1 aliphatic rings. The first-order valence-corrected chi connectivity index (χ1v) is 8.00. The number of rotatable bonds is 4. The van der Waals surface area contributed by atoms with Gasteiger partial charge in [-0.2, -0.15) is 13.2 Å². The molecule has 10 heteroatoms. The van der Waals surface area contributed by atoms with Crippen LogP contribution in [0.15, 0.2) is 36.8 Å². The highest BCUT2D eigenvalue weighted by atomic mass is 19.4. The molecule has 138 valence electrons. The van der Waals surface area contributed by atoms with E-state index in [2.05, 4.69) is 20.3 Å². The van der Waals surface area contributed by atoms with E-state index in [4.69, 9.17) is 0 Å². The summed E-state index contributed by atoms with van der Waals surface area (Å²) >= 11 is 0. The van der Waals surface area contributed by atoms with Crippen LogP contribution in [0, 0.1) is 0 Å². The Morgan fingerprint density at radius 2 is 1.85 bits per heavy atom. The lowest BCUT2D eigenvalue weighted by Gasteiger charge is -2.35. The second kappa shape index (κ2) is 7.54. The lowest BCUT2D eigenvalue weighted by Crippen LogP contribution is -2.49. The number of nitrogens with zero attached hydrogens (tertiary/aromatic N) is 5. The van der Waals surface area contributed by atoms with Crippen molar-refractivity contribution in [2.75, 3.05) is 36.4 Å². The summed E-state index contributed by atoms with van der Waals surface area (Å²) in [6, 6.07) is 7.18. The van der Waals surface area contributed by atoms with E-state index in [0.717, 1.165) is 0 Å². The summed E-state index contributed by atoms with van der Waals surface area (Å²) in [6.45, 7) is 1.26. The Bertz CT molecular complexity index is 747. The van der Waals surface area contributed by atoms with Gasteiger partial charge in [0.2, 0.25) is 5.91 Å². The van der Waals surface area contributed by atoms with Crippen LogP contribution in [0.1, 0.15) is 6.42 Å². The van der Waals surface area contributed by atoms with Crippen LogP contribution in [0.3, 0.4) is 0 Å². The molecule has 1 fully saturated rings. The first-order valence-electron chi connectivity index (χ1n) is 8.00. The highest BCUT2D eigenvalue weighted by Crippen LogP contribution is 2.22. The number of anilines is 3. The summed E-state index contributed by atoms with van der Waals surface area (Å²) in [4.78, 5) is 27.3. The predicted octanol–water partition coefficient (Wildman–Crippen LogP) is 2.22. The number of piperazine rings is 1. The number of halogens is 3. The summed E-state index contributed by atoms with van der Waals surface area (Å²) in [5, 5.41) is 3.06. The van der Waals surface area contributed by atoms with Crippen LogP contribution < -0.4 is 10.2 Å². The molecule has 0 unspecified atom stereocenters. The molecule has 2 aromatic rings. The molecule has 0 saturated carbocycles. The zero-order valence-corrected chi connectivity index (χ0v) is 13.8. The molecule has 0 aromatic carbocycles. The van der Waals surface area contributed by atoms with Crippen LogP contribution in [0.5, 0.6) is 0 Å². The molecule has 2 aromatic heterocycles. The number of alkyl halides is 3. The van der Waals surface area contributed by atoms with Crippen molar-refractivity contribution in [1.29, 1.82) is 0 Å². The molecule has 0 aliphatic carbocycles. The third-order valence-electron chi connectivity index (χ3n) is 3.88. The average molecular weight is 366 g/mol. The molecule has 0 atom stereocenters. The first-order chi connectivity index (χ1) is 12.4. The van der Waals surface area contributed by atoms with Crippen LogP contribution in [-0.4, -0.2) is 58.1 Å². The molecule has 0 radical (unpaired) electrons. The average Bonchev–Trinajstić information content (AvgIpc) is 2.61. The number of amides is 1. The van der Waals surface area contributed by atoms with Crippen LogP contribution in [0.2, 0.25) is 0 Å². The third-order valence-corrected chi connectivity index (χ3v) is 3.88. The van der Waals surface area contributed by atoms with Gasteiger partial charge >= 0.3 is 6.18 Å². The Hall–Kier alpha value is -2.91. The highest BCUT2D eigenvalue weighted by molar-refractivity contribution is 5.77. The fourth-order valence-corrected chi connectivity index (χ4v) is 2.62. The summed E-state index contributed by atoms with van der Waals surface area (Å²) < 4.78 is 37.0. The lowest BCUT2D eigenvalue weighted by atomic mass is 10.2. The quantitative estimate of drug-likeness (QED) is 0.894. The molecule has 1 amide bonds. The maximum absolute atomic E-state index is 12.3. The van der Waals surface area contributed by atoms with Gasteiger partial charge in [-0.05, 0) is 12.1 Å². The van der Waals surface area contributed by atoms with Gasteiger partial charge < -0.3 is 15.1 Å². The number of hydrogen-bond donors (Lipinski definition) is 1. The largest absolute Gasteiger partial charge is 0.397 e. The van der Waals surface area contributed by atoms with Crippen molar-refractivity contribution in [2.24, 2.45) is 0 Å². The Morgan fingerprint density at radius 1 is 1.08 bits per heavy atom. The number of pyridine rings is 1. The Labute approximate surface area is 147 Å². The minimum atomic E-state index is -4.48. The zero-order valence-electron chi connectivity index (χ0n) is 13.8. The van der Waals surface area contributed by atoms with E-state index in [9.17, 15) is 18.0 Å². The number of carbonyl (C=O) groups excluding carboxylic acids is 1. The van der Waals surface area contributed by atoms with E-state index in [1.54, 1.807) is 24.4 Å². The Balaban J connectivity index is 1.59. The van der Waals surface area contributed by atoms with Crippen LogP contribution >= 0.6 is 0 Å². The van der Waals surface area contributed by atoms with Gasteiger partial charge in [-0.3, -0.25) is 4.79 Å². The van der Waals surface area contributed by atoms with E-state index in [1.807, 2.05) is 11.0 Å². The van der Waals surface area contributed by atoms with Crippen molar-refractivity contribution < 1.29 is 18.0 Å². The van der Waals surface area contributed by atoms with Gasteiger partial charge in [-0.25, -0.2) is 15.0 Å². The summed E-state index contributed by atoms with van der Waals surface area (Å²) in [5.74, 6) is 0.947. The summed E-state index contributed by atoms with van der Waals surface area (Å²) in [7, 11) is 0. The van der Waals surface area contributed by atoms with Gasteiger partial charge in [0.25, 0.3) is 0 Å². The standard InChI is InChI=1S/C16H17F3N6O/c17-16(18,19)10-15(26)25-7-5-24(6-8-25)14-9-13(21-11-22-14)23-12-3-1-2-4-20-12/h1-4,9,11H,5-8,10H2,(H,20,21,22,23). The molecule has 0 bridgehead atoms. The lowest BCUT2D eigenvalue weighted by molar-refractivity contribution is -0.161. The van der Waals surface area contributed by atoms with Crippen molar-refractivity contribution in [3.8, 4) is 0 Å². The molecule has 26 heavy (non-hydrogen) atoms. The smallest absolute Gasteiger partial charge is 0.353 e. The van der Waals surface area contributed by atoms with Crippen LogP contribution in [-0.2, 0) is 4.79 Å². The van der Waals surface area contributed by atoms with Crippen molar-refractivity contribution >= 4 is 23.4 Å². The molecule has 1 saturated heterocycles. The molecule has 7 nitrogen and oxygen atoms in total. The van der Waals surface area contributed by atoms with Gasteiger partial charge in [-0.1, -0.05) is 6.07 Å². The zero-order chi connectivity index (χ0) is 18.6. The maximum Gasteiger partial charge on any atom is 0.397 e. The summed E-state index contributed by atoms with van der Waals surface area (Å²) in [5.41, 5.74) is 0. The van der Waals surface area contributed by atoms with E-state index >= 15 is 0 Å². The topological polar surface area (TPSA) is 74.2 Å². The number of aromatic nitrogens is 3. The maximum atomic E-state index is 12.3. The minimum absolute atomic E-state index is 0.224. The second-order valence-electron chi connectivity index (χ2n) is 5.76. The van der Waals surface area contributed by atoms with E-state index in [0.29, 0.717) is 30.5 Å². The van der Waals surface area contributed by atoms with Crippen LogP contribution in [0.4, 0.5) is 30.6 Å². The molecule has 3 heterocycles. The number of hydrogen-bond acceptors (Lipinski definition) is 6. The molecular weight excluding hydrogens is 349 g/mol. The molecule has 3 rings (SSSR count). The fraction of sp³-hybridized carbons (Fsp3) is 0.375. The van der Waals surface area contributed by atoms with Gasteiger partial charge in [0, 0.05) is 38.4 Å². The SMILES string of the molecule is O=C(CC(F)(F)F)N1CCN(c2cc(Nc3ccccn3)ncn2)CC1. The molecule has 0 spiro atoms. The highest BCUT2D eigenvalue weighted by Gasteiger charge is 2.34. The van der Waals surface area contributed by atoms with Gasteiger partial charge in [-0.15, -0.1) is 0 Å². The summed E-state index contributed by atoms with van der Waals surface area (Å²) in [6.07, 6.45) is -2.84. The van der Waals surface area contributed by atoms with Gasteiger partial charge in [0.05, 0.1) is 0 Å². The molecular formula is C16H17F3N6O. The predicted molar refractivity (Wildman–Crippen MR) is 89.0 cm³/mol. The van der Waals surface area contributed by atoms with Crippen molar-refractivity contribution in [3.05, 3.63) is 36.8 Å². The number of nitrogens with one attached hydrogen (secondary N) is 1. The Kier molecular flexibility index (Phi) is 5.19. The van der Waals surface area contributed by atoms with Gasteiger partial charge in [0.15, 0.2) is 0 Å². The van der Waals surface area contributed by atoms with Crippen molar-refractivity contribution in [3.63, 3.8) is 0 Å². The van der Waals surface area contributed by atoms with Crippen molar-refractivity contribution in [1.82, 2.24) is 19.9 Å². The molecule has 1 N–H and O–H groups in total. The second-order valence-corrected chi connectivity index (χ2v) is 5.76. The van der Waals surface area contributed by atoms with E-state index in [1.165, 1.54) is 11.2 Å². The first kappa shape index (κ1) is 17.9. The normalized spacial score (nSPS) is 15.0. The minimum Gasteiger partial charge on any atom is -0.353 e. The van der Waals surface area contributed by atoms with Crippen LogP contribution in [0.25, 0.3) is 0 Å². The van der Waals surface area contributed by atoms with E-state index in [-0.39, 0.29) is 13.1 Å². The fourth-order valence-electron chi connectivity index (χ4n) is 2.62. The Morgan fingerprint density at radius 3 is 2.50 bits per heavy atom. The monoisotopic (exact) mass is 366 g/mol. The van der Waals surface area contributed by atoms with Gasteiger partial charge in [0.1, 0.15) is 30.2 Å². The third kappa shape index (κ3) is 4.80.